The highest BCUT2D eigenvalue weighted by atomic mass is 35.5. The lowest BCUT2D eigenvalue weighted by molar-refractivity contribution is -0.384. The van der Waals surface area contributed by atoms with Crippen molar-refractivity contribution in [2.75, 3.05) is 5.32 Å². The number of hydrogen-bond donors (Lipinski definition) is 1. The smallest absolute Gasteiger partial charge is 0.291 e. The van der Waals surface area contributed by atoms with E-state index in [-0.39, 0.29) is 22.2 Å². The number of para-hydroxylation sites is 1. The second-order valence-corrected chi connectivity index (χ2v) is 5.34. The Morgan fingerprint density at radius 2 is 2.00 bits per heavy atom. The van der Waals surface area contributed by atoms with E-state index in [1.54, 1.807) is 13.0 Å². The zero-order chi connectivity index (χ0) is 16.6. The van der Waals surface area contributed by atoms with Gasteiger partial charge in [0.05, 0.1) is 4.92 Å². The van der Waals surface area contributed by atoms with Gasteiger partial charge in [-0.05, 0) is 25.1 Å². The average molecular weight is 331 g/mol. The van der Waals surface area contributed by atoms with Gasteiger partial charge in [0, 0.05) is 22.7 Å². The van der Waals surface area contributed by atoms with E-state index in [4.69, 9.17) is 16.0 Å². The molecule has 0 spiro atoms. The number of nitro benzene ring substituents is 1. The summed E-state index contributed by atoms with van der Waals surface area (Å²) < 4.78 is 5.56. The summed E-state index contributed by atoms with van der Waals surface area (Å²) in [6, 6.07) is 11.4. The molecular weight excluding hydrogens is 320 g/mol. The largest absolute Gasteiger partial charge is 0.451 e. The molecule has 0 unspecified atom stereocenters. The summed E-state index contributed by atoms with van der Waals surface area (Å²) in [6.45, 7) is 1.78. The van der Waals surface area contributed by atoms with E-state index in [1.165, 1.54) is 18.2 Å². The van der Waals surface area contributed by atoms with Crippen molar-refractivity contribution in [3.63, 3.8) is 0 Å². The Kier molecular flexibility index (Phi) is 3.75. The molecule has 1 N–H and O–H groups in total. The van der Waals surface area contributed by atoms with Crippen molar-refractivity contribution in [2.45, 2.75) is 6.92 Å². The van der Waals surface area contributed by atoms with Crippen LogP contribution in [0.1, 0.15) is 16.1 Å². The van der Waals surface area contributed by atoms with Crippen LogP contribution >= 0.6 is 11.6 Å². The standard InChI is InChI=1S/C16H11ClN2O4/c1-9-11-4-2-3-5-14(11)23-15(9)16(20)18-10-6-7-12(17)13(8-10)19(21)22/h2-8H,1H3,(H,18,20). The Morgan fingerprint density at radius 1 is 1.26 bits per heavy atom. The lowest BCUT2D eigenvalue weighted by atomic mass is 10.1. The average Bonchev–Trinajstić information content (AvgIpc) is 2.86. The first kappa shape index (κ1) is 15.1. The Bertz CT molecular complexity index is 933. The molecule has 7 heteroatoms. The summed E-state index contributed by atoms with van der Waals surface area (Å²) in [5.41, 5.74) is 1.32. The van der Waals surface area contributed by atoms with Gasteiger partial charge in [0.15, 0.2) is 5.76 Å². The molecular formula is C16H11ClN2O4. The molecule has 23 heavy (non-hydrogen) atoms. The quantitative estimate of drug-likeness (QED) is 0.563. The Labute approximate surface area is 135 Å². The molecule has 0 atom stereocenters. The number of hydrogen-bond acceptors (Lipinski definition) is 4. The van der Waals surface area contributed by atoms with Crippen molar-refractivity contribution in [3.8, 4) is 0 Å². The van der Waals surface area contributed by atoms with Gasteiger partial charge in [-0.25, -0.2) is 0 Å². The predicted molar refractivity (Wildman–Crippen MR) is 87.0 cm³/mol. The minimum Gasteiger partial charge on any atom is -0.451 e. The number of aryl methyl sites for hydroxylation is 1. The number of amides is 1. The first-order valence-corrected chi connectivity index (χ1v) is 7.08. The molecule has 0 fully saturated rings. The summed E-state index contributed by atoms with van der Waals surface area (Å²) in [4.78, 5) is 22.6. The van der Waals surface area contributed by atoms with E-state index < -0.39 is 10.8 Å². The van der Waals surface area contributed by atoms with Gasteiger partial charge in [0.25, 0.3) is 11.6 Å². The van der Waals surface area contributed by atoms with Crippen molar-refractivity contribution in [2.24, 2.45) is 0 Å². The fourth-order valence-corrected chi connectivity index (χ4v) is 2.50. The molecule has 0 saturated heterocycles. The van der Waals surface area contributed by atoms with E-state index in [9.17, 15) is 14.9 Å². The number of rotatable bonds is 3. The molecule has 0 aliphatic heterocycles. The predicted octanol–water partition coefficient (Wildman–Crippen LogP) is 4.56. The van der Waals surface area contributed by atoms with Gasteiger partial charge in [-0.15, -0.1) is 0 Å². The number of carbonyl (C=O) groups excluding carboxylic acids is 1. The minimum absolute atomic E-state index is 0.00733. The van der Waals surface area contributed by atoms with Crippen LogP contribution in [0.4, 0.5) is 11.4 Å². The van der Waals surface area contributed by atoms with Gasteiger partial charge in [-0.2, -0.15) is 0 Å². The highest BCUT2D eigenvalue weighted by Gasteiger charge is 2.19. The maximum Gasteiger partial charge on any atom is 0.291 e. The first-order valence-electron chi connectivity index (χ1n) is 6.71. The number of carbonyl (C=O) groups is 1. The van der Waals surface area contributed by atoms with Crippen molar-refractivity contribution < 1.29 is 14.1 Å². The third kappa shape index (κ3) is 2.76. The van der Waals surface area contributed by atoms with Crippen LogP contribution in [0.2, 0.25) is 5.02 Å². The number of furan rings is 1. The highest BCUT2D eigenvalue weighted by Crippen LogP contribution is 2.29. The Morgan fingerprint density at radius 3 is 2.70 bits per heavy atom. The third-order valence-corrected chi connectivity index (χ3v) is 3.77. The zero-order valence-electron chi connectivity index (χ0n) is 12.0. The van der Waals surface area contributed by atoms with Gasteiger partial charge in [0.2, 0.25) is 0 Å². The topological polar surface area (TPSA) is 85.4 Å². The zero-order valence-corrected chi connectivity index (χ0v) is 12.8. The molecule has 0 saturated carbocycles. The van der Waals surface area contributed by atoms with E-state index >= 15 is 0 Å². The fraction of sp³-hybridized carbons (Fsp3) is 0.0625. The molecule has 6 nitrogen and oxygen atoms in total. The van der Waals surface area contributed by atoms with Crippen LogP contribution in [0.3, 0.4) is 0 Å². The lowest BCUT2D eigenvalue weighted by Gasteiger charge is -2.04. The monoisotopic (exact) mass is 330 g/mol. The fourth-order valence-electron chi connectivity index (χ4n) is 2.31. The Hall–Kier alpha value is -2.86. The minimum atomic E-state index is -0.607. The van der Waals surface area contributed by atoms with Gasteiger partial charge in [-0.1, -0.05) is 29.8 Å². The number of anilines is 1. The number of nitrogens with zero attached hydrogens (tertiary/aromatic N) is 1. The summed E-state index contributed by atoms with van der Waals surface area (Å²) in [7, 11) is 0. The van der Waals surface area contributed by atoms with Crippen molar-refractivity contribution in [1.29, 1.82) is 0 Å². The number of benzene rings is 2. The number of fused-ring (bicyclic) bond motifs is 1. The summed E-state index contributed by atoms with van der Waals surface area (Å²) >= 11 is 5.75. The molecule has 2 aromatic carbocycles. The molecule has 1 aromatic heterocycles. The van der Waals surface area contributed by atoms with Crippen LogP contribution in [-0.2, 0) is 0 Å². The normalized spacial score (nSPS) is 10.7. The molecule has 3 aromatic rings. The second kappa shape index (κ2) is 5.73. The van der Waals surface area contributed by atoms with Crippen LogP contribution < -0.4 is 5.32 Å². The van der Waals surface area contributed by atoms with Crippen molar-refractivity contribution >= 4 is 39.9 Å². The molecule has 1 amide bonds. The van der Waals surface area contributed by atoms with Gasteiger partial charge in [0.1, 0.15) is 10.6 Å². The van der Waals surface area contributed by atoms with Gasteiger partial charge < -0.3 is 9.73 Å². The van der Waals surface area contributed by atoms with Gasteiger partial charge in [-0.3, -0.25) is 14.9 Å². The molecule has 0 bridgehead atoms. The first-order chi connectivity index (χ1) is 11.0. The lowest BCUT2D eigenvalue weighted by Crippen LogP contribution is -2.12. The molecule has 0 aliphatic carbocycles. The Balaban J connectivity index is 1.93. The van der Waals surface area contributed by atoms with Crippen LogP contribution in [0.5, 0.6) is 0 Å². The molecule has 1 heterocycles. The second-order valence-electron chi connectivity index (χ2n) is 4.93. The van der Waals surface area contributed by atoms with Crippen LogP contribution in [0.15, 0.2) is 46.9 Å². The number of nitro groups is 1. The number of halogens is 1. The molecule has 116 valence electrons. The SMILES string of the molecule is Cc1c(C(=O)Nc2ccc(Cl)c([N+](=O)[O-])c2)oc2ccccc12. The molecule has 0 aliphatic rings. The van der Waals surface area contributed by atoms with Crippen molar-refractivity contribution in [3.05, 3.63) is 68.9 Å². The molecule has 3 rings (SSSR count). The van der Waals surface area contributed by atoms with Crippen molar-refractivity contribution in [1.82, 2.24) is 0 Å². The molecule has 0 radical (unpaired) electrons. The highest BCUT2D eigenvalue weighted by molar-refractivity contribution is 6.32. The van der Waals surface area contributed by atoms with Crippen LogP contribution in [0.25, 0.3) is 11.0 Å². The van der Waals surface area contributed by atoms with E-state index in [2.05, 4.69) is 5.32 Å². The maximum atomic E-state index is 12.4. The maximum absolute atomic E-state index is 12.4. The summed E-state index contributed by atoms with van der Waals surface area (Å²) in [5.74, 6) is -0.306. The van der Waals surface area contributed by atoms with Crippen LogP contribution in [0, 0.1) is 17.0 Å². The van der Waals surface area contributed by atoms with Crippen LogP contribution in [-0.4, -0.2) is 10.8 Å². The van der Waals surface area contributed by atoms with E-state index in [1.807, 2.05) is 18.2 Å². The van der Waals surface area contributed by atoms with Gasteiger partial charge >= 0.3 is 0 Å². The third-order valence-electron chi connectivity index (χ3n) is 3.45. The summed E-state index contributed by atoms with van der Waals surface area (Å²) in [5, 5.41) is 14.3. The summed E-state index contributed by atoms with van der Waals surface area (Å²) in [6.07, 6.45) is 0. The number of nitrogens with one attached hydrogen (secondary N) is 1. The van der Waals surface area contributed by atoms with E-state index in [0.29, 0.717) is 11.1 Å². The van der Waals surface area contributed by atoms with E-state index in [0.717, 1.165) is 5.39 Å².